The van der Waals surface area contributed by atoms with Gasteiger partial charge < -0.3 is 4.74 Å². The van der Waals surface area contributed by atoms with E-state index in [1.54, 1.807) is 18.4 Å². The first-order chi connectivity index (χ1) is 12.7. The van der Waals surface area contributed by atoms with Crippen LogP contribution in [0.25, 0.3) is 20.5 Å². The van der Waals surface area contributed by atoms with Gasteiger partial charge in [-0.2, -0.15) is 5.10 Å². The maximum absolute atomic E-state index is 11.3. The van der Waals surface area contributed by atoms with Gasteiger partial charge in [0.15, 0.2) is 5.82 Å². The minimum atomic E-state index is 0.473. The van der Waals surface area contributed by atoms with Crippen LogP contribution in [0.2, 0.25) is 5.02 Å². The summed E-state index contributed by atoms with van der Waals surface area (Å²) in [7, 11) is 1.70. The first-order valence-corrected chi connectivity index (χ1v) is 9.66. The molecular weight excluding hydrogens is 370 g/mol. The van der Waals surface area contributed by atoms with Crippen LogP contribution < -0.4 is 4.90 Å². The number of ether oxygens (including phenoxy) is 1. The smallest absolute Gasteiger partial charge is 0.215 e. The van der Waals surface area contributed by atoms with Crippen molar-refractivity contribution in [2.24, 2.45) is 5.92 Å². The number of hydrogen-bond acceptors (Lipinski definition) is 5. The fourth-order valence-corrected chi connectivity index (χ4v) is 4.52. The third-order valence-electron chi connectivity index (χ3n) is 4.64. The van der Waals surface area contributed by atoms with Crippen LogP contribution in [0, 0.1) is 5.92 Å². The monoisotopic (exact) mass is 387 g/mol. The second kappa shape index (κ2) is 7.31. The normalized spacial score (nSPS) is 16.9. The molecule has 3 heterocycles. The highest BCUT2D eigenvalue weighted by atomic mass is 35.5. The summed E-state index contributed by atoms with van der Waals surface area (Å²) in [6.45, 7) is 1.58. The molecule has 26 heavy (non-hydrogen) atoms. The maximum Gasteiger partial charge on any atom is 0.215 e. The van der Waals surface area contributed by atoms with Gasteiger partial charge in [-0.05, 0) is 42.5 Å². The van der Waals surface area contributed by atoms with Gasteiger partial charge in [0.05, 0.1) is 10.4 Å². The molecule has 1 amide bonds. The average molecular weight is 388 g/mol. The van der Waals surface area contributed by atoms with Crippen LogP contribution in [-0.2, 0) is 16.0 Å². The molecule has 7 heteroatoms. The zero-order valence-electron chi connectivity index (χ0n) is 14.3. The Balaban J connectivity index is 1.82. The van der Waals surface area contributed by atoms with Crippen LogP contribution in [0.15, 0.2) is 30.3 Å². The van der Waals surface area contributed by atoms with Gasteiger partial charge in [0.1, 0.15) is 0 Å². The van der Waals surface area contributed by atoms with Gasteiger partial charge in [-0.1, -0.05) is 23.7 Å². The number of rotatable bonds is 5. The lowest BCUT2D eigenvalue weighted by atomic mass is 10.0. The Morgan fingerprint density at radius 1 is 1.35 bits per heavy atom. The van der Waals surface area contributed by atoms with Crippen molar-refractivity contribution < 1.29 is 9.53 Å². The molecule has 1 fully saturated rings. The van der Waals surface area contributed by atoms with Crippen LogP contribution in [0.1, 0.15) is 12.1 Å². The zero-order chi connectivity index (χ0) is 18.1. The van der Waals surface area contributed by atoms with Crippen molar-refractivity contribution in [1.29, 1.82) is 0 Å². The Morgan fingerprint density at radius 2 is 2.15 bits per heavy atom. The summed E-state index contributed by atoms with van der Waals surface area (Å²) in [5.41, 5.74) is 2.06. The number of carbonyl (C=O) groups excluding carboxylic acids is 1. The molecule has 0 radical (unpaired) electrons. The molecule has 0 N–H and O–H groups in total. The van der Waals surface area contributed by atoms with E-state index in [-0.39, 0.29) is 0 Å². The van der Waals surface area contributed by atoms with Crippen LogP contribution in [-0.4, -0.2) is 36.9 Å². The maximum atomic E-state index is 11.3. The Labute approximate surface area is 160 Å². The number of benzene rings is 1. The molecule has 5 nitrogen and oxygen atoms in total. The molecule has 1 unspecified atom stereocenters. The van der Waals surface area contributed by atoms with Crippen molar-refractivity contribution in [2.75, 3.05) is 25.2 Å². The summed E-state index contributed by atoms with van der Waals surface area (Å²) >= 11 is 7.63. The van der Waals surface area contributed by atoms with Crippen molar-refractivity contribution in [3.05, 3.63) is 41.0 Å². The minimum Gasteiger partial charge on any atom is -0.381 e. The second-order valence-corrected chi connectivity index (χ2v) is 7.97. The third kappa shape index (κ3) is 3.32. The standard InChI is InChI=1S/C19H18ClN3O2S/c1-23(11-24)19-18-15(16(21-22-19)8-12-6-7-25-10-12)9-17(26-18)13-2-4-14(20)5-3-13/h2-5,9,11-12H,6-8,10H2,1H3. The van der Waals surface area contributed by atoms with E-state index in [1.807, 2.05) is 24.3 Å². The third-order valence-corrected chi connectivity index (χ3v) is 6.07. The Hall–Kier alpha value is -2.02. The van der Waals surface area contributed by atoms with E-state index in [0.29, 0.717) is 16.8 Å². The van der Waals surface area contributed by atoms with Crippen LogP contribution in [0.5, 0.6) is 0 Å². The van der Waals surface area contributed by atoms with Crippen molar-refractivity contribution in [3.63, 3.8) is 0 Å². The Bertz CT molecular complexity index is 936. The van der Waals surface area contributed by atoms with Crippen LogP contribution in [0.4, 0.5) is 5.82 Å². The minimum absolute atomic E-state index is 0.473. The summed E-state index contributed by atoms with van der Waals surface area (Å²) < 4.78 is 6.47. The Morgan fingerprint density at radius 3 is 2.85 bits per heavy atom. The molecule has 134 valence electrons. The number of thiophene rings is 1. The second-order valence-electron chi connectivity index (χ2n) is 6.48. The van der Waals surface area contributed by atoms with Gasteiger partial charge in [-0.3, -0.25) is 9.69 Å². The molecule has 2 aromatic heterocycles. The molecule has 4 rings (SSSR count). The quantitative estimate of drug-likeness (QED) is 0.616. The number of aromatic nitrogens is 2. The van der Waals surface area contributed by atoms with E-state index in [4.69, 9.17) is 16.3 Å². The number of hydrogen-bond donors (Lipinski definition) is 0. The largest absolute Gasteiger partial charge is 0.381 e. The van der Waals surface area contributed by atoms with E-state index in [9.17, 15) is 4.79 Å². The van der Waals surface area contributed by atoms with E-state index >= 15 is 0 Å². The average Bonchev–Trinajstić information content (AvgIpc) is 3.32. The zero-order valence-corrected chi connectivity index (χ0v) is 15.9. The van der Waals surface area contributed by atoms with Gasteiger partial charge in [-0.15, -0.1) is 16.4 Å². The number of halogens is 1. The highest BCUT2D eigenvalue weighted by Crippen LogP contribution is 2.39. The van der Waals surface area contributed by atoms with Crippen LogP contribution >= 0.6 is 22.9 Å². The van der Waals surface area contributed by atoms with Crippen molar-refractivity contribution >= 4 is 45.3 Å². The molecular formula is C19H18ClN3O2S. The van der Waals surface area contributed by atoms with Gasteiger partial charge in [0.25, 0.3) is 0 Å². The van der Waals surface area contributed by atoms with Gasteiger partial charge in [0, 0.05) is 35.5 Å². The number of fused-ring (bicyclic) bond motifs is 1. The number of nitrogens with zero attached hydrogens (tertiary/aromatic N) is 3. The van der Waals surface area contributed by atoms with Crippen LogP contribution in [0.3, 0.4) is 0 Å². The first-order valence-electron chi connectivity index (χ1n) is 8.46. The van der Waals surface area contributed by atoms with Crippen molar-refractivity contribution in [3.8, 4) is 10.4 Å². The summed E-state index contributed by atoms with van der Waals surface area (Å²) in [6.07, 6.45) is 2.65. The molecule has 0 bridgehead atoms. The lowest BCUT2D eigenvalue weighted by molar-refractivity contribution is -0.107. The van der Waals surface area contributed by atoms with E-state index in [2.05, 4.69) is 16.3 Å². The summed E-state index contributed by atoms with van der Waals surface area (Å²) in [4.78, 5) is 13.8. The predicted molar refractivity (Wildman–Crippen MR) is 105 cm³/mol. The molecule has 0 aliphatic carbocycles. The van der Waals surface area contributed by atoms with E-state index < -0.39 is 0 Å². The predicted octanol–water partition coefficient (Wildman–Crippen LogP) is 4.18. The molecule has 3 aromatic rings. The lowest BCUT2D eigenvalue weighted by Crippen LogP contribution is -2.17. The molecule has 1 aliphatic heterocycles. The fraction of sp³-hybridized carbons (Fsp3) is 0.316. The van der Waals surface area contributed by atoms with E-state index in [1.165, 1.54) is 4.90 Å². The van der Waals surface area contributed by atoms with Gasteiger partial charge >= 0.3 is 0 Å². The van der Waals surface area contributed by atoms with Crippen molar-refractivity contribution in [2.45, 2.75) is 12.8 Å². The topological polar surface area (TPSA) is 55.3 Å². The number of amides is 1. The number of carbonyl (C=O) groups is 1. The molecule has 1 aromatic carbocycles. The SMILES string of the molecule is CN(C=O)c1nnc(CC2CCOC2)c2cc(-c3ccc(Cl)cc3)sc12. The van der Waals surface area contributed by atoms with Gasteiger partial charge in [0.2, 0.25) is 6.41 Å². The van der Waals surface area contributed by atoms with Crippen molar-refractivity contribution in [1.82, 2.24) is 10.2 Å². The van der Waals surface area contributed by atoms with E-state index in [0.717, 1.165) is 58.7 Å². The molecule has 0 saturated carbocycles. The summed E-state index contributed by atoms with van der Waals surface area (Å²) in [5.74, 6) is 1.06. The summed E-state index contributed by atoms with van der Waals surface area (Å²) in [5, 5.41) is 10.5. The highest BCUT2D eigenvalue weighted by Gasteiger charge is 2.22. The fourth-order valence-electron chi connectivity index (χ4n) is 3.18. The number of anilines is 1. The van der Waals surface area contributed by atoms with Gasteiger partial charge in [-0.25, -0.2) is 0 Å². The molecule has 1 saturated heterocycles. The lowest BCUT2D eigenvalue weighted by Gasteiger charge is -2.12. The highest BCUT2D eigenvalue weighted by molar-refractivity contribution is 7.22. The first kappa shape index (κ1) is 17.4. The Kier molecular flexibility index (Phi) is 4.89. The summed E-state index contributed by atoms with van der Waals surface area (Å²) in [6, 6.07) is 9.91. The molecule has 1 atom stereocenters. The molecule has 1 aliphatic rings. The molecule has 0 spiro atoms.